The lowest BCUT2D eigenvalue weighted by Gasteiger charge is -2.34. The van der Waals surface area contributed by atoms with Gasteiger partial charge in [-0.2, -0.15) is 9.97 Å². The number of halogens is 1. The number of amides is 1. The van der Waals surface area contributed by atoms with E-state index in [-0.39, 0.29) is 17.3 Å². The molecule has 3 aromatic rings. The van der Waals surface area contributed by atoms with Gasteiger partial charge in [-0.3, -0.25) is 4.90 Å². The molecule has 2 N–H and O–H groups in total. The Hall–Kier alpha value is -3.86. The van der Waals surface area contributed by atoms with Gasteiger partial charge in [0.05, 0.1) is 24.9 Å². The number of nitrogens with zero attached hydrogens (tertiary/aromatic N) is 5. The molecule has 4 aliphatic rings. The van der Waals surface area contributed by atoms with Crippen LogP contribution >= 0.6 is 0 Å². The van der Waals surface area contributed by atoms with Gasteiger partial charge in [-0.15, -0.1) is 0 Å². The minimum Gasteiger partial charge on any atom is -0.508 e. The van der Waals surface area contributed by atoms with Crippen LogP contribution in [0, 0.1) is 0 Å². The second kappa shape index (κ2) is 11.9. The van der Waals surface area contributed by atoms with Crippen molar-refractivity contribution in [2.75, 3.05) is 56.2 Å². The second-order valence-corrected chi connectivity index (χ2v) is 12.7. The lowest BCUT2D eigenvalue weighted by molar-refractivity contribution is 0.107. The minimum absolute atomic E-state index is 0.0406. The van der Waals surface area contributed by atoms with E-state index in [1.54, 1.807) is 6.07 Å². The molecule has 1 aromatic heterocycles. The first-order chi connectivity index (χ1) is 21.4. The Kier molecular flexibility index (Phi) is 7.82. The van der Waals surface area contributed by atoms with Crippen molar-refractivity contribution in [2.45, 2.75) is 69.2 Å². The number of alkyl carbamates (subject to hydrolysis) is 1. The van der Waals surface area contributed by atoms with E-state index in [9.17, 15) is 14.3 Å². The minimum atomic E-state index is -0.826. The first-order valence-corrected chi connectivity index (χ1v) is 15.9. The highest BCUT2D eigenvalue weighted by Crippen LogP contribution is 2.41. The molecule has 234 valence electrons. The van der Waals surface area contributed by atoms with Gasteiger partial charge in [-0.25, -0.2) is 9.18 Å². The van der Waals surface area contributed by atoms with Crippen LogP contribution in [0.25, 0.3) is 10.8 Å². The molecule has 3 atom stereocenters. The van der Waals surface area contributed by atoms with Crippen LogP contribution in [0.15, 0.2) is 36.4 Å². The van der Waals surface area contributed by atoms with Crippen molar-refractivity contribution in [3.63, 3.8) is 0 Å². The van der Waals surface area contributed by atoms with Crippen molar-refractivity contribution in [2.24, 2.45) is 0 Å². The van der Waals surface area contributed by atoms with Crippen LogP contribution in [0.4, 0.5) is 20.7 Å². The number of anilines is 2. The third-order valence-electron chi connectivity index (χ3n) is 9.95. The first kappa shape index (κ1) is 28.9. The summed E-state index contributed by atoms with van der Waals surface area (Å²) in [6, 6.07) is 12.1. The number of rotatable bonds is 6. The van der Waals surface area contributed by atoms with Crippen molar-refractivity contribution in [1.82, 2.24) is 20.2 Å². The highest BCUT2D eigenvalue weighted by molar-refractivity contribution is 5.95. The topological polar surface area (TPSA) is 103 Å². The Balaban J connectivity index is 1.20. The van der Waals surface area contributed by atoms with Gasteiger partial charge in [-0.1, -0.05) is 24.3 Å². The standard InChI is InChI=1S/C33H41FN6O4/c1-43-32(42)35-24-7-4-12-38(14-9-24)30-27-10-15-39(29-17-25(41)16-22-6-2-3-8-26(22)29)20-28(27)36-31(37-30)44-21-33-11-5-13-40(33)19-23(34)18-33/h2-3,6,8,16-17,23-24,41H,4-5,7,9-15,18-21H2,1H3,(H,35,42)/t23-,24?,33+/m1/s1. The van der Waals surface area contributed by atoms with Crippen molar-refractivity contribution in [3.05, 3.63) is 47.7 Å². The summed E-state index contributed by atoms with van der Waals surface area (Å²) in [5.41, 5.74) is 2.71. The third kappa shape index (κ3) is 5.58. The van der Waals surface area contributed by atoms with Crippen LogP contribution in [0.5, 0.6) is 11.8 Å². The fourth-order valence-electron chi connectivity index (χ4n) is 7.78. The lowest BCUT2D eigenvalue weighted by Crippen LogP contribution is -2.43. The summed E-state index contributed by atoms with van der Waals surface area (Å²) in [7, 11) is 1.39. The summed E-state index contributed by atoms with van der Waals surface area (Å²) < 4.78 is 25.7. The Labute approximate surface area is 257 Å². The average Bonchev–Trinajstić information content (AvgIpc) is 3.45. The predicted octanol–water partition coefficient (Wildman–Crippen LogP) is 4.57. The van der Waals surface area contributed by atoms with E-state index in [1.807, 2.05) is 24.3 Å². The summed E-state index contributed by atoms with van der Waals surface area (Å²) in [6.07, 6.45) is 4.53. The van der Waals surface area contributed by atoms with Crippen LogP contribution < -0.4 is 19.9 Å². The largest absolute Gasteiger partial charge is 0.508 e. The predicted molar refractivity (Wildman–Crippen MR) is 166 cm³/mol. The normalized spacial score (nSPS) is 25.4. The average molecular weight is 605 g/mol. The molecule has 1 amide bonds. The quantitative estimate of drug-likeness (QED) is 0.419. The molecule has 11 heteroatoms. The number of hydrogen-bond donors (Lipinski definition) is 2. The molecule has 3 fully saturated rings. The van der Waals surface area contributed by atoms with E-state index in [1.165, 1.54) is 7.11 Å². The molecule has 0 bridgehead atoms. The Morgan fingerprint density at radius 3 is 2.89 bits per heavy atom. The van der Waals surface area contributed by atoms with Gasteiger partial charge in [0.25, 0.3) is 0 Å². The fraction of sp³-hybridized carbons (Fsp3) is 0.545. The number of aromatic hydroxyl groups is 1. The number of fused-ring (bicyclic) bond motifs is 3. The zero-order valence-corrected chi connectivity index (χ0v) is 25.3. The molecule has 0 aliphatic carbocycles. The van der Waals surface area contributed by atoms with Crippen molar-refractivity contribution < 1.29 is 23.8 Å². The number of phenolic OH excluding ortho intramolecular Hbond substituents is 1. The number of nitrogens with one attached hydrogen (secondary N) is 1. The monoisotopic (exact) mass is 604 g/mol. The molecular formula is C33H41FN6O4. The Morgan fingerprint density at radius 2 is 2.00 bits per heavy atom. The summed E-state index contributed by atoms with van der Waals surface area (Å²) in [5.74, 6) is 1.12. The molecule has 3 saturated heterocycles. The molecule has 0 radical (unpaired) electrons. The first-order valence-electron chi connectivity index (χ1n) is 15.9. The van der Waals surface area contributed by atoms with E-state index >= 15 is 0 Å². The van der Waals surface area contributed by atoms with E-state index in [0.717, 1.165) is 98.2 Å². The molecule has 1 unspecified atom stereocenters. The molecule has 7 rings (SSSR count). The number of alkyl halides is 1. The zero-order chi connectivity index (χ0) is 30.3. The number of carbonyl (C=O) groups excluding carboxylic acids is 1. The smallest absolute Gasteiger partial charge is 0.407 e. The number of hydrogen-bond acceptors (Lipinski definition) is 9. The maximum absolute atomic E-state index is 14.5. The summed E-state index contributed by atoms with van der Waals surface area (Å²) in [5, 5.41) is 15.6. The summed E-state index contributed by atoms with van der Waals surface area (Å²) in [6.45, 7) is 4.61. The molecule has 4 aliphatic heterocycles. The van der Waals surface area contributed by atoms with Gasteiger partial charge in [0.15, 0.2) is 0 Å². The third-order valence-corrected chi connectivity index (χ3v) is 9.95. The molecular weight excluding hydrogens is 563 g/mol. The van der Waals surface area contributed by atoms with E-state index < -0.39 is 12.3 Å². The van der Waals surface area contributed by atoms with Crippen molar-refractivity contribution >= 4 is 28.4 Å². The van der Waals surface area contributed by atoms with E-state index in [0.29, 0.717) is 32.1 Å². The number of ether oxygens (including phenoxy) is 2. The van der Waals surface area contributed by atoms with E-state index in [2.05, 4.69) is 26.1 Å². The van der Waals surface area contributed by atoms with Crippen LogP contribution in [0.1, 0.15) is 49.8 Å². The van der Waals surface area contributed by atoms with Gasteiger partial charge in [0.1, 0.15) is 24.3 Å². The number of phenols is 1. The van der Waals surface area contributed by atoms with Gasteiger partial charge in [0.2, 0.25) is 0 Å². The maximum Gasteiger partial charge on any atom is 0.407 e. The summed E-state index contributed by atoms with van der Waals surface area (Å²) >= 11 is 0. The van der Waals surface area contributed by atoms with Gasteiger partial charge in [0, 0.05) is 61.3 Å². The highest BCUT2D eigenvalue weighted by atomic mass is 19.1. The zero-order valence-electron chi connectivity index (χ0n) is 25.3. The number of aromatic nitrogens is 2. The maximum atomic E-state index is 14.5. The van der Waals surface area contributed by atoms with Crippen molar-refractivity contribution in [1.29, 1.82) is 0 Å². The molecule has 10 nitrogen and oxygen atoms in total. The molecule has 44 heavy (non-hydrogen) atoms. The van der Waals surface area contributed by atoms with E-state index in [4.69, 9.17) is 19.4 Å². The van der Waals surface area contributed by atoms with Crippen LogP contribution in [-0.2, 0) is 17.7 Å². The van der Waals surface area contributed by atoms with Crippen LogP contribution in [-0.4, -0.2) is 90.3 Å². The Bertz CT molecular complexity index is 1540. The van der Waals surface area contributed by atoms with Crippen LogP contribution in [0.2, 0.25) is 0 Å². The summed E-state index contributed by atoms with van der Waals surface area (Å²) in [4.78, 5) is 28.7. The molecule has 2 aromatic carbocycles. The molecule has 5 heterocycles. The Morgan fingerprint density at radius 1 is 1.11 bits per heavy atom. The van der Waals surface area contributed by atoms with Crippen LogP contribution in [0.3, 0.4) is 0 Å². The van der Waals surface area contributed by atoms with Gasteiger partial charge < -0.3 is 29.7 Å². The SMILES string of the molecule is COC(=O)NC1CCCN(c2nc(OC[C@@]34CCCN3C[C@H](F)C4)nc3c2CCN(c2cc(O)cc4ccccc24)C3)CC1. The second-order valence-electron chi connectivity index (χ2n) is 12.7. The fourth-order valence-corrected chi connectivity index (χ4v) is 7.78. The van der Waals surface area contributed by atoms with Gasteiger partial charge in [-0.05, 0) is 56.5 Å². The lowest BCUT2D eigenvalue weighted by atomic mass is 9.95. The number of benzene rings is 2. The number of methoxy groups -OCH3 is 1. The van der Waals surface area contributed by atoms with Crippen molar-refractivity contribution in [3.8, 4) is 11.8 Å². The highest BCUT2D eigenvalue weighted by Gasteiger charge is 2.49. The molecule has 0 spiro atoms. The molecule has 0 saturated carbocycles. The van der Waals surface area contributed by atoms with Gasteiger partial charge >= 0.3 is 12.1 Å². The number of carbonyl (C=O) groups is 1.